The smallest absolute Gasteiger partial charge is 0.223 e. The number of carbonyl (C=O) groups excluding carboxylic acids is 2. The van der Waals surface area contributed by atoms with Crippen LogP contribution in [0, 0.1) is 11.3 Å². The Morgan fingerprint density at radius 1 is 1.15 bits per heavy atom. The van der Waals surface area contributed by atoms with Gasteiger partial charge >= 0.3 is 0 Å². The van der Waals surface area contributed by atoms with Gasteiger partial charge in [-0.15, -0.1) is 0 Å². The molecule has 1 N–H and O–H groups in total. The van der Waals surface area contributed by atoms with Crippen LogP contribution in [-0.4, -0.2) is 22.8 Å². The van der Waals surface area contributed by atoms with Gasteiger partial charge in [-0.05, 0) is 41.4 Å². The SMILES string of the molecule is CC(=O)N1C=Cc2ccccc2C1CC(=O)NC1CCCCC1C(C)(C)C. The Kier molecular flexibility index (Phi) is 5.73. The van der Waals surface area contributed by atoms with Crippen molar-refractivity contribution in [2.75, 3.05) is 0 Å². The third-order valence-electron chi connectivity index (χ3n) is 6.07. The van der Waals surface area contributed by atoms with E-state index in [0.29, 0.717) is 12.3 Å². The van der Waals surface area contributed by atoms with Crippen molar-refractivity contribution in [2.45, 2.75) is 71.9 Å². The standard InChI is InChI=1S/C23H32N2O2/c1-16(26)25-14-13-17-9-5-6-10-18(17)21(25)15-22(27)24-20-12-8-7-11-19(20)23(2,3)4/h5-6,9-10,13-14,19-21H,7-8,11-12,15H2,1-4H3,(H,24,27). The second-order valence-corrected chi connectivity index (χ2v) is 9.02. The molecule has 0 bridgehead atoms. The summed E-state index contributed by atoms with van der Waals surface area (Å²) in [6.45, 7) is 8.35. The lowest BCUT2D eigenvalue weighted by molar-refractivity contribution is -0.130. The maximum atomic E-state index is 13.0. The van der Waals surface area contributed by atoms with E-state index in [1.807, 2.05) is 30.3 Å². The molecule has 1 heterocycles. The maximum absolute atomic E-state index is 13.0. The molecule has 1 fully saturated rings. The molecular weight excluding hydrogens is 336 g/mol. The van der Waals surface area contributed by atoms with Gasteiger partial charge in [-0.2, -0.15) is 0 Å². The second kappa shape index (κ2) is 7.87. The van der Waals surface area contributed by atoms with Crippen LogP contribution in [-0.2, 0) is 9.59 Å². The third kappa shape index (κ3) is 4.42. The largest absolute Gasteiger partial charge is 0.353 e. The highest BCUT2D eigenvalue weighted by molar-refractivity contribution is 5.82. The van der Waals surface area contributed by atoms with Gasteiger partial charge in [-0.1, -0.05) is 57.9 Å². The average molecular weight is 369 g/mol. The van der Waals surface area contributed by atoms with Crippen molar-refractivity contribution in [1.82, 2.24) is 10.2 Å². The monoisotopic (exact) mass is 368 g/mol. The Hall–Kier alpha value is -2.10. The minimum Gasteiger partial charge on any atom is -0.353 e. The van der Waals surface area contributed by atoms with E-state index in [1.165, 1.54) is 19.3 Å². The third-order valence-corrected chi connectivity index (χ3v) is 6.07. The first-order valence-corrected chi connectivity index (χ1v) is 10.1. The number of hydrogen-bond donors (Lipinski definition) is 1. The van der Waals surface area contributed by atoms with Crippen molar-refractivity contribution >= 4 is 17.9 Å². The lowest BCUT2D eigenvalue weighted by Crippen LogP contribution is -2.47. The molecule has 146 valence electrons. The van der Waals surface area contributed by atoms with Crippen molar-refractivity contribution in [2.24, 2.45) is 11.3 Å². The first-order valence-electron chi connectivity index (χ1n) is 10.1. The molecule has 1 aromatic rings. The van der Waals surface area contributed by atoms with Crippen LogP contribution in [0.15, 0.2) is 30.5 Å². The Balaban J connectivity index is 1.75. The predicted octanol–water partition coefficient (Wildman–Crippen LogP) is 4.67. The van der Waals surface area contributed by atoms with E-state index < -0.39 is 0 Å². The molecular formula is C23H32N2O2. The van der Waals surface area contributed by atoms with Crippen molar-refractivity contribution in [3.63, 3.8) is 0 Å². The van der Waals surface area contributed by atoms with Crippen LogP contribution in [0.5, 0.6) is 0 Å². The normalized spacial score (nSPS) is 25.0. The van der Waals surface area contributed by atoms with Crippen LogP contribution in [0.3, 0.4) is 0 Å². The number of rotatable bonds is 3. The van der Waals surface area contributed by atoms with Gasteiger partial charge in [0.1, 0.15) is 0 Å². The summed E-state index contributed by atoms with van der Waals surface area (Å²) < 4.78 is 0. The van der Waals surface area contributed by atoms with Crippen LogP contribution in [0.25, 0.3) is 6.08 Å². The van der Waals surface area contributed by atoms with Gasteiger partial charge in [0.25, 0.3) is 0 Å². The predicted molar refractivity (Wildman–Crippen MR) is 109 cm³/mol. The fourth-order valence-electron chi connectivity index (χ4n) is 4.69. The van der Waals surface area contributed by atoms with E-state index in [9.17, 15) is 9.59 Å². The highest BCUT2D eigenvalue weighted by Gasteiger charge is 2.36. The van der Waals surface area contributed by atoms with Gasteiger partial charge in [0.05, 0.1) is 12.5 Å². The van der Waals surface area contributed by atoms with E-state index in [0.717, 1.165) is 17.5 Å². The lowest BCUT2D eigenvalue weighted by Gasteiger charge is -2.41. The van der Waals surface area contributed by atoms with Crippen LogP contribution in [0.1, 0.15) is 77.0 Å². The van der Waals surface area contributed by atoms with E-state index >= 15 is 0 Å². The van der Waals surface area contributed by atoms with Crippen molar-refractivity contribution < 1.29 is 9.59 Å². The van der Waals surface area contributed by atoms with Crippen molar-refractivity contribution in [3.05, 3.63) is 41.6 Å². The molecule has 0 radical (unpaired) electrons. The lowest BCUT2D eigenvalue weighted by atomic mass is 9.69. The average Bonchev–Trinajstić information content (AvgIpc) is 2.61. The molecule has 27 heavy (non-hydrogen) atoms. The van der Waals surface area contributed by atoms with Gasteiger partial charge in [-0.3, -0.25) is 9.59 Å². The van der Waals surface area contributed by atoms with Crippen molar-refractivity contribution in [1.29, 1.82) is 0 Å². The first kappa shape index (κ1) is 19.7. The molecule has 1 aliphatic heterocycles. The molecule has 0 saturated heterocycles. The number of benzene rings is 1. The molecule has 1 aliphatic carbocycles. The minimum absolute atomic E-state index is 0.0382. The highest BCUT2D eigenvalue weighted by Crippen LogP contribution is 2.38. The molecule has 4 heteroatoms. The second-order valence-electron chi connectivity index (χ2n) is 9.02. The quantitative estimate of drug-likeness (QED) is 0.843. The number of nitrogens with zero attached hydrogens (tertiary/aromatic N) is 1. The number of amides is 2. The van der Waals surface area contributed by atoms with Gasteiger partial charge in [0.2, 0.25) is 11.8 Å². The molecule has 3 atom stereocenters. The van der Waals surface area contributed by atoms with Crippen LogP contribution in [0.4, 0.5) is 0 Å². The summed E-state index contributed by atoms with van der Waals surface area (Å²) in [6, 6.07) is 8.00. The summed E-state index contributed by atoms with van der Waals surface area (Å²) in [4.78, 5) is 26.8. The highest BCUT2D eigenvalue weighted by atomic mass is 16.2. The zero-order chi connectivity index (χ0) is 19.6. The zero-order valence-electron chi connectivity index (χ0n) is 17.0. The fraction of sp³-hybridized carbons (Fsp3) is 0.565. The molecule has 1 saturated carbocycles. The minimum atomic E-state index is -0.236. The molecule has 2 aliphatic rings. The fourth-order valence-corrected chi connectivity index (χ4v) is 4.69. The summed E-state index contributed by atoms with van der Waals surface area (Å²) >= 11 is 0. The number of fused-ring (bicyclic) bond motifs is 1. The van der Waals surface area contributed by atoms with E-state index in [-0.39, 0.29) is 29.3 Å². The van der Waals surface area contributed by atoms with Crippen LogP contribution in [0.2, 0.25) is 0 Å². The van der Waals surface area contributed by atoms with Gasteiger partial charge in [0, 0.05) is 19.2 Å². The Morgan fingerprint density at radius 3 is 2.56 bits per heavy atom. The van der Waals surface area contributed by atoms with Gasteiger partial charge in [-0.25, -0.2) is 0 Å². The maximum Gasteiger partial charge on any atom is 0.223 e. The zero-order valence-corrected chi connectivity index (χ0v) is 17.0. The van der Waals surface area contributed by atoms with Crippen LogP contribution < -0.4 is 5.32 Å². The van der Waals surface area contributed by atoms with E-state index in [4.69, 9.17) is 0 Å². The summed E-state index contributed by atoms with van der Waals surface area (Å²) in [5.41, 5.74) is 2.31. The first-order chi connectivity index (χ1) is 12.8. The Labute approximate surface area is 163 Å². The number of carbonyl (C=O) groups is 2. The topological polar surface area (TPSA) is 49.4 Å². The summed E-state index contributed by atoms with van der Waals surface area (Å²) in [7, 11) is 0. The molecule has 3 unspecified atom stereocenters. The molecule has 0 spiro atoms. The molecule has 4 nitrogen and oxygen atoms in total. The van der Waals surface area contributed by atoms with Crippen LogP contribution >= 0.6 is 0 Å². The summed E-state index contributed by atoms with van der Waals surface area (Å²) in [6.07, 6.45) is 8.69. The van der Waals surface area contributed by atoms with E-state index in [2.05, 4.69) is 26.1 Å². The van der Waals surface area contributed by atoms with Crippen molar-refractivity contribution in [3.8, 4) is 0 Å². The van der Waals surface area contributed by atoms with E-state index in [1.54, 1.807) is 18.0 Å². The van der Waals surface area contributed by atoms with Gasteiger partial charge in [0.15, 0.2) is 0 Å². The summed E-state index contributed by atoms with van der Waals surface area (Å²) in [5.74, 6) is 0.499. The Morgan fingerprint density at radius 2 is 1.85 bits per heavy atom. The summed E-state index contributed by atoms with van der Waals surface area (Å²) in [5, 5.41) is 3.31. The molecule has 3 rings (SSSR count). The van der Waals surface area contributed by atoms with Gasteiger partial charge < -0.3 is 10.2 Å². The molecule has 1 aromatic carbocycles. The number of nitrogens with one attached hydrogen (secondary N) is 1. The Bertz CT molecular complexity index is 732. The number of hydrogen-bond acceptors (Lipinski definition) is 2. The molecule has 2 amide bonds. The molecule has 0 aromatic heterocycles.